The molecule has 0 bridgehead atoms. The number of amides is 1. The van der Waals surface area contributed by atoms with Crippen LogP contribution in [-0.2, 0) is 4.79 Å². The monoisotopic (exact) mass is 386 g/mol. The highest BCUT2D eigenvalue weighted by Gasteiger charge is 2.38. The number of H-pyrrole nitrogens is 1. The summed E-state index contributed by atoms with van der Waals surface area (Å²) in [6, 6.07) is 5.84. The molecule has 1 N–H and O–H groups in total. The quantitative estimate of drug-likeness (QED) is 0.755. The minimum atomic E-state index is 0.0282. The number of hydrogen-bond acceptors (Lipinski definition) is 4. The zero-order valence-corrected chi connectivity index (χ0v) is 15.8. The summed E-state index contributed by atoms with van der Waals surface area (Å²) in [5.41, 5.74) is 1.55. The first-order valence-corrected chi connectivity index (χ1v) is 9.96. The Morgan fingerprint density at radius 3 is 2.88 bits per heavy atom. The number of nitrogens with zero attached hydrogens (tertiary/aromatic N) is 3. The van der Waals surface area contributed by atoms with Gasteiger partial charge in [-0.25, -0.2) is 4.99 Å². The van der Waals surface area contributed by atoms with Crippen molar-refractivity contribution in [2.24, 2.45) is 4.99 Å². The van der Waals surface area contributed by atoms with Gasteiger partial charge in [-0.05, 0) is 48.9 Å². The topological polar surface area (TPSA) is 61.4 Å². The molecule has 0 aromatic carbocycles. The van der Waals surface area contributed by atoms with Gasteiger partial charge in [0.1, 0.15) is 0 Å². The molecule has 3 heterocycles. The molecule has 1 saturated carbocycles. The van der Waals surface area contributed by atoms with Crippen molar-refractivity contribution in [1.29, 1.82) is 0 Å². The van der Waals surface area contributed by atoms with Crippen molar-refractivity contribution in [2.75, 3.05) is 0 Å². The Kier molecular flexibility index (Phi) is 5.13. The Morgan fingerprint density at radius 2 is 2.15 bits per heavy atom. The number of aliphatic imine (C=N–C) groups is 1. The third-order valence-corrected chi connectivity index (χ3v) is 5.93. The average Bonchev–Trinajstić information content (AvgIpc) is 3.27. The number of carbonyl (C=O) groups is 1. The van der Waals surface area contributed by atoms with Crippen LogP contribution in [0.15, 0.2) is 46.7 Å². The van der Waals surface area contributed by atoms with E-state index in [2.05, 4.69) is 9.97 Å². The molecular formula is C19H19ClN4OS. The lowest BCUT2D eigenvalue weighted by molar-refractivity contribution is -0.124. The van der Waals surface area contributed by atoms with E-state index in [9.17, 15) is 4.79 Å². The predicted molar refractivity (Wildman–Crippen MR) is 106 cm³/mol. The second kappa shape index (κ2) is 7.68. The second-order valence-electron chi connectivity index (χ2n) is 6.42. The molecule has 5 nitrogen and oxygen atoms in total. The maximum Gasteiger partial charge on any atom is 0.267 e. The number of aromatic amines is 1. The molecule has 2 fully saturated rings. The third-order valence-electron chi connectivity index (χ3n) is 4.65. The highest BCUT2D eigenvalue weighted by Crippen LogP contribution is 2.39. The highest BCUT2D eigenvalue weighted by molar-refractivity contribution is 8.18. The van der Waals surface area contributed by atoms with Crippen LogP contribution < -0.4 is 0 Å². The number of halogens is 1. The van der Waals surface area contributed by atoms with Crippen molar-refractivity contribution in [3.8, 4) is 0 Å². The van der Waals surface area contributed by atoms with Gasteiger partial charge in [0.2, 0.25) is 0 Å². The molecule has 1 aliphatic carbocycles. The Bertz CT molecular complexity index is 856. The van der Waals surface area contributed by atoms with Gasteiger partial charge in [0, 0.05) is 30.3 Å². The first-order valence-electron chi connectivity index (χ1n) is 8.77. The minimum absolute atomic E-state index is 0.0282. The van der Waals surface area contributed by atoms with E-state index in [4.69, 9.17) is 16.6 Å². The molecule has 2 aromatic rings. The Hall–Kier alpha value is -2.05. The van der Waals surface area contributed by atoms with E-state index in [-0.39, 0.29) is 11.9 Å². The summed E-state index contributed by atoms with van der Waals surface area (Å²) in [7, 11) is 0. The zero-order valence-electron chi connectivity index (χ0n) is 14.2. The van der Waals surface area contributed by atoms with E-state index in [0.29, 0.717) is 20.8 Å². The molecule has 2 aromatic heterocycles. The molecule has 1 amide bonds. The van der Waals surface area contributed by atoms with E-state index >= 15 is 0 Å². The van der Waals surface area contributed by atoms with Gasteiger partial charge in [-0.2, -0.15) is 0 Å². The van der Waals surface area contributed by atoms with E-state index in [1.807, 2.05) is 29.3 Å². The van der Waals surface area contributed by atoms with Crippen LogP contribution in [0.2, 0.25) is 5.02 Å². The number of carbonyl (C=O) groups excluding carboxylic acids is 1. The third kappa shape index (κ3) is 3.57. The largest absolute Gasteiger partial charge is 0.362 e. The van der Waals surface area contributed by atoms with Gasteiger partial charge >= 0.3 is 0 Å². The number of aromatic nitrogens is 2. The molecule has 26 heavy (non-hydrogen) atoms. The lowest BCUT2D eigenvalue weighted by atomic mass is 9.94. The number of thioether (sulfide) groups is 1. The Morgan fingerprint density at radius 1 is 1.31 bits per heavy atom. The molecule has 1 saturated heterocycles. The lowest BCUT2D eigenvalue weighted by Crippen LogP contribution is -2.40. The van der Waals surface area contributed by atoms with E-state index in [1.165, 1.54) is 18.2 Å². The van der Waals surface area contributed by atoms with Crippen molar-refractivity contribution in [3.05, 3.63) is 52.4 Å². The maximum absolute atomic E-state index is 13.1. The van der Waals surface area contributed by atoms with Gasteiger partial charge in [-0.1, -0.05) is 30.9 Å². The smallest absolute Gasteiger partial charge is 0.267 e. The molecule has 0 spiro atoms. The zero-order chi connectivity index (χ0) is 17.9. The van der Waals surface area contributed by atoms with Crippen LogP contribution in [0.5, 0.6) is 0 Å². The van der Waals surface area contributed by atoms with Crippen molar-refractivity contribution in [1.82, 2.24) is 14.9 Å². The van der Waals surface area contributed by atoms with Gasteiger partial charge in [0.15, 0.2) is 5.17 Å². The molecule has 0 atom stereocenters. The highest BCUT2D eigenvalue weighted by atomic mass is 35.5. The molecular weight excluding hydrogens is 368 g/mol. The van der Waals surface area contributed by atoms with Crippen LogP contribution in [0, 0.1) is 0 Å². The predicted octanol–water partition coefficient (Wildman–Crippen LogP) is 5.00. The summed E-state index contributed by atoms with van der Waals surface area (Å²) in [5.74, 6) is 0.0282. The van der Waals surface area contributed by atoms with Gasteiger partial charge in [0.25, 0.3) is 5.91 Å². The fourth-order valence-corrected chi connectivity index (χ4v) is 4.57. The second-order valence-corrected chi connectivity index (χ2v) is 7.84. The van der Waals surface area contributed by atoms with Gasteiger partial charge < -0.3 is 4.98 Å². The lowest BCUT2D eigenvalue weighted by Gasteiger charge is -2.30. The van der Waals surface area contributed by atoms with E-state index < -0.39 is 0 Å². The summed E-state index contributed by atoms with van der Waals surface area (Å²) in [5, 5.41) is 1.19. The number of rotatable bonds is 3. The standard InChI is InChI=1S/C19H19ClN4OS/c20-15-12-21-10-8-16(15)23-19-24(14-6-2-1-3-7-14)18(25)17(26-19)11-13-5-4-9-22-13/h4-5,8-12,14,22H,1-3,6-7H2/b17-11+,23-19?. The molecule has 1 aliphatic heterocycles. The molecule has 0 radical (unpaired) electrons. The van der Waals surface area contributed by atoms with Crippen molar-refractivity contribution in [2.45, 2.75) is 38.1 Å². The van der Waals surface area contributed by atoms with E-state index in [0.717, 1.165) is 31.4 Å². The Balaban J connectivity index is 1.71. The van der Waals surface area contributed by atoms with Crippen LogP contribution in [0.3, 0.4) is 0 Å². The van der Waals surface area contributed by atoms with Crippen LogP contribution >= 0.6 is 23.4 Å². The first kappa shape index (κ1) is 17.4. The van der Waals surface area contributed by atoms with E-state index in [1.54, 1.807) is 18.5 Å². The van der Waals surface area contributed by atoms with Crippen LogP contribution in [0.4, 0.5) is 5.69 Å². The fraction of sp³-hybridized carbons (Fsp3) is 0.316. The van der Waals surface area contributed by atoms with Crippen LogP contribution in [0.25, 0.3) is 6.08 Å². The Labute approximate surface area is 161 Å². The van der Waals surface area contributed by atoms with Gasteiger partial charge in [-0.3, -0.25) is 14.7 Å². The molecule has 7 heteroatoms. The fourth-order valence-electron chi connectivity index (χ4n) is 3.36. The van der Waals surface area contributed by atoms with Crippen molar-refractivity contribution >= 4 is 46.2 Å². The SMILES string of the molecule is O=C1/C(=C\c2ccc[nH]2)SC(=Nc2ccncc2Cl)N1C1CCCCC1. The van der Waals surface area contributed by atoms with Crippen molar-refractivity contribution < 1.29 is 4.79 Å². The number of hydrogen-bond donors (Lipinski definition) is 1. The molecule has 134 valence electrons. The van der Waals surface area contributed by atoms with Crippen molar-refractivity contribution in [3.63, 3.8) is 0 Å². The molecule has 0 unspecified atom stereocenters. The normalized spacial score (nSPS) is 21.9. The molecule has 4 rings (SSSR count). The minimum Gasteiger partial charge on any atom is -0.362 e. The van der Waals surface area contributed by atoms with Crippen LogP contribution in [0.1, 0.15) is 37.8 Å². The first-order chi connectivity index (χ1) is 12.7. The number of nitrogens with one attached hydrogen (secondary N) is 1. The van der Waals surface area contributed by atoms with Gasteiger partial charge in [-0.15, -0.1) is 0 Å². The summed E-state index contributed by atoms with van der Waals surface area (Å²) in [6.07, 6.45) is 12.5. The number of pyridine rings is 1. The van der Waals surface area contributed by atoms with Gasteiger partial charge in [0.05, 0.1) is 15.6 Å². The maximum atomic E-state index is 13.1. The van der Waals surface area contributed by atoms with Crippen LogP contribution in [-0.4, -0.2) is 32.0 Å². The molecule has 2 aliphatic rings. The average molecular weight is 387 g/mol. The number of amidine groups is 1. The summed E-state index contributed by atoms with van der Waals surface area (Å²) < 4.78 is 0. The summed E-state index contributed by atoms with van der Waals surface area (Å²) in [6.45, 7) is 0. The summed E-state index contributed by atoms with van der Waals surface area (Å²) in [4.78, 5) is 27.5. The summed E-state index contributed by atoms with van der Waals surface area (Å²) >= 11 is 7.63.